The standard InChI is InChI=1S/C19H24N2O2/c1-11-9-12(2)16(13(3)10-11)23-18-14(17(20)22)7-8-15(21-18)19(4,5)6/h7-10H,1-6H3,(H2,20,22). The third kappa shape index (κ3) is 3.70. The summed E-state index contributed by atoms with van der Waals surface area (Å²) in [6.45, 7) is 12.2. The van der Waals surface area contributed by atoms with Gasteiger partial charge in [-0.15, -0.1) is 0 Å². The maximum absolute atomic E-state index is 11.7. The molecule has 4 nitrogen and oxygen atoms in total. The molecule has 1 aromatic heterocycles. The molecular weight excluding hydrogens is 288 g/mol. The Morgan fingerprint density at radius 2 is 1.65 bits per heavy atom. The molecular formula is C19H24N2O2. The van der Waals surface area contributed by atoms with E-state index < -0.39 is 5.91 Å². The highest BCUT2D eigenvalue weighted by atomic mass is 16.5. The van der Waals surface area contributed by atoms with Crippen LogP contribution in [-0.4, -0.2) is 10.9 Å². The van der Waals surface area contributed by atoms with Crippen LogP contribution < -0.4 is 10.5 Å². The first kappa shape index (κ1) is 17.0. The van der Waals surface area contributed by atoms with Gasteiger partial charge in [0.15, 0.2) is 0 Å². The van der Waals surface area contributed by atoms with Crippen molar-refractivity contribution in [3.05, 3.63) is 52.2 Å². The average molecular weight is 312 g/mol. The van der Waals surface area contributed by atoms with Crippen molar-refractivity contribution in [3.63, 3.8) is 0 Å². The molecule has 1 aromatic carbocycles. The van der Waals surface area contributed by atoms with Crippen molar-refractivity contribution < 1.29 is 9.53 Å². The lowest BCUT2D eigenvalue weighted by molar-refractivity contribution is 0.0997. The van der Waals surface area contributed by atoms with Gasteiger partial charge in [-0.3, -0.25) is 4.79 Å². The quantitative estimate of drug-likeness (QED) is 0.924. The minimum absolute atomic E-state index is 0.147. The van der Waals surface area contributed by atoms with E-state index in [4.69, 9.17) is 10.5 Å². The van der Waals surface area contributed by atoms with Crippen LogP contribution in [0.3, 0.4) is 0 Å². The van der Waals surface area contributed by atoms with E-state index >= 15 is 0 Å². The number of primary amides is 1. The highest BCUT2D eigenvalue weighted by Crippen LogP contribution is 2.32. The van der Waals surface area contributed by atoms with Crippen molar-refractivity contribution in [3.8, 4) is 11.6 Å². The number of hydrogen-bond donors (Lipinski definition) is 1. The van der Waals surface area contributed by atoms with Crippen LogP contribution in [0.25, 0.3) is 0 Å². The molecule has 2 aromatic rings. The first-order valence-electron chi connectivity index (χ1n) is 7.66. The highest BCUT2D eigenvalue weighted by molar-refractivity contribution is 5.95. The molecule has 0 unspecified atom stereocenters. The van der Waals surface area contributed by atoms with E-state index in [0.29, 0.717) is 0 Å². The number of nitrogens with zero attached hydrogens (tertiary/aromatic N) is 1. The first-order chi connectivity index (χ1) is 10.6. The van der Waals surface area contributed by atoms with E-state index in [1.54, 1.807) is 6.07 Å². The molecule has 2 rings (SSSR count). The van der Waals surface area contributed by atoms with Crippen LogP contribution in [-0.2, 0) is 5.41 Å². The Morgan fingerprint density at radius 1 is 1.09 bits per heavy atom. The predicted octanol–water partition coefficient (Wildman–Crippen LogP) is 4.20. The summed E-state index contributed by atoms with van der Waals surface area (Å²) in [6, 6.07) is 7.59. The molecule has 0 aliphatic rings. The minimum Gasteiger partial charge on any atom is -0.438 e. The topological polar surface area (TPSA) is 65.2 Å². The largest absolute Gasteiger partial charge is 0.438 e. The zero-order chi connectivity index (χ0) is 17.4. The number of aryl methyl sites for hydroxylation is 3. The summed E-state index contributed by atoms with van der Waals surface area (Å²) < 4.78 is 6.01. The van der Waals surface area contributed by atoms with E-state index in [1.165, 1.54) is 5.56 Å². The molecule has 0 aliphatic heterocycles. The number of nitrogens with two attached hydrogens (primary N) is 1. The number of ether oxygens (including phenoxy) is 1. The Hall–Kier alpha value is -2.36. The summed E-state index contributed by atoms with van der Waals surface area (Å²) in [5, 5.41) is 0. The zero-order valence-corrected chi connectivity index (χ0v) is 14.7. The van der Waals surface area contributed by atoms with Crippen LogP contribution in [0, 0.1) is 20.8 Å². The van der Waals surface area contributed by atoms with E-state index in [0.717, 1.165) is 22.6 Å². The van der Waals surface area contributed by atoms with Gasteiger partial charge in [-0.05, 0) is 44.0 Å². The molecule has 1 heterocycles. The Labute approximate surface area is 137 Å². The van der Waals surface area contributed by atoms with Gasteiger partial charge in [-0.2, -0.15) is 0 Å². The molecule has 0 aliphatic carbocycles. The maximum atomic E-state index is 11.7. The second kappa shape index (κ2) is 6.03. The number of benzene rings is 1. The molecule has 0 spiro atoms. The third-order valence-electron chi connectivity index (χ3n) is 3.70. The van der Waals surface area contributed by atoms with Crippen LogP contribution in [0.2, 0.25) is 0 Å². The van der Waals surface area contributed by atoms with Gasteiger partial charge >= 0.3 is 0 Å². The Balaban J connectivity index is 2.56. The van der Waals surface area contributed by atoms with Crippen molar-refractivity contribution in [1.82, 2.24) is 4.98 Å². The predicted molar refractivity (Wildman–Crippen MR) is 92.2 cm³/mol. The fourth-order valence-corrected chi connectivity index (χ4v) is 2.55. The normalized spacial score (nSPS) is 11.4. The van der Waals surface area contributed by atoms with Crippen LogP contribution in [0.1, 0.15) is 53.5 Å². The molecule has 122 valence electrons. The van der Waals surface area contributed by atoms with Gasteiger partial charge in [0.25, 0.3) is 5.91 Å². The number of aromatic nitrogens is 1. The van der Waals surface area contributed by atoms with Crippen molar-refractivity contribution >= 4 is 5.91 Å². The molecule has 0 fully saturated rings. The lowest BCUT2D eigenvalue weighted by atomic mass is 9.91. The van der Waals surface area contributed by atoms with Crippen LogP contribution in [0.15, 0.2) is 24.3 Å². The monoisotopic (exact) mass is 312 g/mol. The minimum atomic E-state index is -0.546. The lowest BCUT2D eigenvalue weighted by Crippen LogP contribution is -2.18. The number of carbonyl (C=O) groups excluding carboxylic acids is 1. The first-order valence-corrected chi connectivity index (χ1v) is 7.66. The average Bonchev–Trinajstić information content (AvgIpc) is 2.41. The number of amides is 1. The van der Waals surface area contributed by atoms with Crippen molar-refractivity contribution in [2.45, 2.75) is 47.0 Å². The van der Waals surface area contributed by atoms with Gasteiger partial charge < -0.3 is 10.5 Å². The summed E-state index contributed by atoms with van der Waals surface area (Å²) in [5.41, 5.74) is 9.63. The fraction of sp³-hybridized carbons (Fsp3) is 0.368. The SMILES string of the molecule is Cc1cc(C)c(Oc2nc(C(C)(C)C)ccc2C(N)=O)c(C)c1. The van der Waals surface area contributed by atoms with E-state index in [9.17, 15) is 4.79 Å². The number of hydrogen-bond acceptors (Lipinski definition) is 3. The van der Waals surface area contributed by atoms with E-state index in [2.05, 4.69) is 25.8 Å². The number of rotatable bonds is 3. The highest BCUT2D eigenvalue weighted by Gasteiger charge is 2.21. The summed E-state index contributed by atoms with van der Waals surface area (Å²) in [5.74, 6) is 0.437. The second-order valence-electron chi connectivity index (χ2n) is 6.99. The van der Waals surface area contributed by atoms with Gasteiger partial charge in [0.1, 0.15) is 11.3 Å². The van der Waals surface area contributed by atoms with Crippen molar-refractivity contribution in [2.24, 2.45) is 5.73 Å². The lowest BCUT2D eigenvalue weighted by Gasteiger charge is -2.20. The van der Waals surface area contributed by atoms with Gasteiger partial charge in [0.05, 0.1) is 0 Å². The van der Waals surface area contributed by atoms with Crippen LogP contribution in [0.4, 0.5) is 0 Å². The summed E-state index contributed by atoms with van der Waals surface area (Å²) in [4.78, 5) is 16.2. The van der Waals surface area contributed by atoms with E-state index in [-0.39, 0.29) is 16.9 Å². The Morgan fingerprint density at radius 3 is 2.13 bits per heavy atom. The molecule has 0 radical (unpaired) electrons. The second-order valence-corrected chi connectivity index (χ2v) is 6.99. The summed E-state index contributed by atoms with van der Waals surface area (Å²) in [6.07, 6.45) is 0. The van der Waals surface area contributed by atoms with Crippen molar-refractivity contribution in [1.29, 1.82) is 0 Å². The molecule has 0 bridgehead atoms. The number of carbonyl (C=O) groups is 1. The number of pyridine rings is 1. The fourth-order valence-electron chi connectivity index (χ4n) is 2.55. The van der Waals surface area contributed by atoms with Crippen LogP contribution >= 0.6 is 0 Å². The van der Waals surface area contributed by atoms with Gasteiger partial charge in [-0.1, -0.05) is 38.5 Å². The molecule has 0 atom stereocenters. The zero-order valence-electron chi connectivity index (χ0n) is 14.7. The molecule has 0 saturated heterocycles. The smallest absolute Gasteiger partial charge is 0.254 e. The molecule has 23 heavy (non-hydrogen) atoms. The van der Waals surface area contributed by atoms with Gasteiger partial charge in [-0.25, -0.2) is 4.98 Å². The Bertz CT molecular complexity index is 735. The molecule has 1 amide bonds. The van der Waals surface area contributed by atoms with Crippen molar-refractivity contribution in [2.75, 3.05) is 0 Å². The molecule has 4 heteroatoms. The van der Waals surface area contributed by atoms with Gasteiger partial charge in [0, 0.05) is 11.1 Å². The maximum Gasteiger partial charge on any atom is 0.254 e. The summed E-state index contributed by atoms with van der Waals surface area (Å²) >= 11 is 0. The van der Waals surface area contributed by atoms with Crippen LogP contribution in [0.5, 0.6) is 11.6 Å². The van der Waals surface area contributed by atoms with E-state index in [1.807, 2.05) is 39.0 Å². The third-order valence-corrected chi connectivity index (χ3v) is 3.70. The molecule has 0 saturated carbocycles. The van der Waals surface area contributed by atoms with Gasteiger partial charge in [0.2, 0.25) is 5.88 Å². The Kier molecular flexibility index (Phi) is 4.46. The summed E-state index contributed by atoms with van der Waals surface area (Å²) in [7, 11) is 0. The molecule has 2 N–H and O–H groups in total.